The summed E-state index contributed by atoms with van der Waals surface area (Å²) in [7, 11) is 1.85. The molecular formula is C10H19NO2. The smallest absolute Gasteiger partial charge is 0.219 e. The molecule has 1 heterocycles. The van der Waals surface area contributed by atoms with E-state index in [0.29, 0.717) is 6.10 Å². The Hall–Kier alpha value is -0.570. The van der Waals surface area contributed by atoms with Crippen LogP contribution in [0.5, 0.6) is 0 Å². The first kappa shape index (κ1) is 10.5. The van der Waals surface area contributed by atoms with Gasteiger partial charge in [0, 0.05) is 14.0 Å². The van der Waals surface area contributed by atoms with Gasteiger partial charge < -0.3 is 9.64 Å². The number of hydrogen-bond donors (Lipinski definition) is 0. The van der Waals surface area contributed by atoms with Crippen molar-refractivity contribution in [2.45, 2.75) is 51.9 Å². The first-order valence-electron chi connectivity index (χ1n) is 4.91. The Morgan fingerprint density at radius 2 is 2.00 bits per heavy atom. The molecule has 1 saturated heterocycles. The van der Waals surface area contributed by atoms with Gasteiger partial charge in [0.15, 0.2) is 0 Å². The fraction of sp³-hybridized carbons (Fsp3) is 0.900. The summed E-state index contributed by atoms with van der Waals surface area (Å²) in [5.74, 6) is 0.120. The van der Waals surface area contributed by atoms with Crippen LogP contribution in [-0.2, 0) is 9.53 Å². The third-order valence-corrected chi connectivity index (χ3v) is 2.85. The first-order chi connectivity index (χ1) is 6.02. The van der Waals surface area contributed by atoms with E-state index in [1.165, 1.54) is 0 Å². The number of ether oxygens (including phenoxy) is 1. The largest absolute Gasteiger partial charge is 0.373 e. The summed E-state index contributed by atoms with van der Waals surface area (Å²) in [6.45, 7) is 5.73. The van der Waals surface area contributed by atoms with Crippen molar-refractivity contribution in [1.29, 1.82) is 0 Å². The Balaban J connectivity index is 2.55. The quantitative estimate of drug-likeness (QED) is 0.618. The zero-order chi connectivity index (χ0) is 10.0. The fourth-order valence-corrected chi connectivity index (χ4v) is 1.91. The molecule has 0 aromatic rings. The van der Waals surface area contributed by atoms with E-state index in [-0.39, 0.29) is 18.1 Å². The van der Waals surface area contributed by atoms with Crippen LogP contribution in [0.1, 0.15) is 33.6 Å². The highest BCUT2D eigenvalue weighted by molar-refractivity contribution is 5.73. The van der Waals surface area contributed by atoms with Gasteiger partial charge >= 0.3 is 0 Å². The highest BCUT2D eigenvalue weighted by Crippen LogP contribution is 2.22. The molecule has 1 aliphatic heterocycles. The molecule has 1 fully saturated rings. The van der Waals surface area contributed by atoms with Crippen LogP contribution in [-0.4, -0.2) is 36.1 Å². The lowest BCUT2D eigenvalue weighted by atomic mass is 9.99. The Labute approximate surface area is 80.1 Å². The van der Waals surface area contributed by atoms with Gasteiger partial charge in [0.05, 0.1) is 18.2 Å². The van der Waals surface area contributed by atoms with E-state index in [1.54, 1.807) is 11.8 Å². The molecule has 3 nitrogen and oxygen atoms in total. The molecule has 3 unspecified atom stereocenters. The molecule has 3 atom stereocenters. The van der Waals surface area contributed by atoms with Gasteiger partial charge in [0.25, 0.3) is 0 Å². The molecule has 0 bridgehead atoms. The van der Waals surface area contributed by atoms with Crippen LogP contribution < -0.4 is 0 Å². The van der Waals surface area contributed by atoms with Gasteiger partial charge in [-0.25, -0.2) is 0 Å². The summed E-state index contributed by atoms with van der Waals surface area (Å²) in [6, 6.07) is 0.258. The lowest BCUT2D eigenvalue weighted by molar-refractivity contribution is -0.138. The minimum atomic E-state index is 0.120. The van der Waals surface area contributed by atoms with Crippen LogP contribution in [0.15, 0.2) is 0 Å². The van der Waals surface area contributed by atoms with Gasteiger partial charge in [-0.3, -0.25) is 4.79 Å². The maximum atomic E-state index is 11.1. The zero-order valence-corrected chi connectivity index (χ0v) is 8.91. The lowest BCUT2D eigenvalue weighted by Gasteiger charge is -2.38. The second kappa shape index (κ2) is 4.09. The normalized spacial score (nSPS) is 34.3. The van der Waals surface area contributed by atoms with E-state index in [9.17, 15) is 4.79 Å². The molecule has 3 heteroatoms. The molecule has 1 rings (SSSR count). The van der Waals surface area contributed by atoms with Crippen molar-refractivity contribution in [2.24, 2.45) is 0 Å². The fourth-order valence-electron chi connectivity index (χ4n) is 1.91. The van der Waals surface area contributed by atoms with E-state index in [0.717, 1.165) is 12.8 Å². The Bertz CT molecular complexity index is 193. The van der Waals surface area contributed by atoms with Gasteiger partial charge in [-0.15, -0.1) is 0 Å². The van der Waals surface area contributed by atoms with Crippen LogP contribution in [0.3, 0.4) is 0 Å². The number of nitrogens with zero attached hydrogens (tertiary/aromatic N) is 1. The van der Waals surface area contributed by atoms with Gasteiger partial charge in [-0.1, -0.05) is 0 Å². The molecule has 0 spiro atoms. The van der Waals surface area contributed by atoms with Crippen LogP contribution in [0.2, 0.25) is 0 Å². The number of carbonyl (C=O) groups is 1. The summed E-state index contributed by atoms with van der Waals surface area (Å²) in [5.41, 5.74) is 0. The first-order valence-corrected chi connectivity index (χ1v) is 4.91. The SMILES string of the molecule is CC(=O)N(C)C1CCC(C)OC1C. The highest BCUT2D eigenvalue weighted by Gasteiger charge is 2.29. The van der Waals surface area contributed by atoms with E-state index in [4.69, 9.17) is 4.74 Å². The number of amides is 1. The topological polar surface area (TPSA) is 29.5 Å². The summed E-state index contributed by atoms with van der Waals surface area (Å²) < 4.78 is 5.68. The van der Waals surface area contributed by atoms with Gasteiger partial charge in [-0.05, 0) is 26.7 Å². The molecule has 1 aliphatic rings. The summed E-state index contributed by atoms with van der Waals surface area (Å²) in [5, 5.41) is 0. The van der Waals surface area contributed by atoms with E-state index < -0.39 is 0 Å². The second-order valence-electron chi connectivity index (χ2n) is 3.93. The zero-order valence-electron chi connectivity index (χ0n) is 8.91. The predicted molar refractivity (Wildman–Crippen MR) is 51.5 cm³/mol. The Morgan fingerprint density at radius 3 is 2.46 bits per heavy atom. The molecule has 0 aromatic heterocycles. The van der Waals surface area contributed by atoms with Crippen molar-refractivity contribution < 1.29 is 9.53 Å². The van der Waals surface area contributed by atoms with E-state index >= 15 is 0 Å². The number of rotatable bonds is 1. The van der Waals surface area contributed by atoms with Crippen molar-refractivity contribution in [3.8, 4) is 0 Å². The van der Waals surface area contributed by atoms with Gasteiger partial charge in [0.1, 0.15) is 0 Å². The van der Waals surface area contributed by atoms with Crippen molar-refractivity contribution in [3.63, 3.8) is 0 Å². The van der Waals surface area contributed by atoms with Crippen molar-refractivity contribution >= 4 is 5.91 Å². The number of likely N-dealkylation sites (N-methyl/N-ethyl adjacent to an activating group) is 1. The minimum absolute atomic E-state index is 0.120. The molecule has 76 valence electrons. The van der Waals surface area contributed by atoms with Crippen LogP contribution in [0, 0.1) is 0 Å². The average Bonchev–Trinajstić information content (AvgIpc) is 2.03. The molecule has 1 amide bonds. The third kappa shape index (κ3) is 2.44. The Kier molecular flexibility index (Phi) is 3.31. The lowest BCUT2D eigenvalue weighted by Crippen LogP contribution is -2.47. The third-order valence-electron chi connectivity index (χ3n) is 2.85. The minimum Gasteiger partial charge on any atom is -0.373 e. The standard InChI is InChI=1S/C10H19NO2/c1-7-5-6-10(8(2)13-7)11(4)9(3)12/h7-8,10H,5-6H2,1-4H3. The van der Waals surface area contributed by atoms with Crippen molar-refractivity contribution in [3.05, 3.63) is 0 Å². The molecule has 13 heavy (non-hydrogen) atoms. The molecule has 0 saturated carbocycles. The molecule has 0 aromatic carbocycles. The Morgan fingerprint density at radius 1 is 1.38 bits per heavy atom. The van der Waals surface area contributed by atoms with Gasteiger partial charge in [0.2, 0.25) is 5.91 Å². The summed E-state index contributed by atoms with van der Waals surface area (Å²) in [6.07, 6.45) is 2.61. The molecule has 0 N–H and O–H groups in total. The van der Waals surface area contributed by atoms with Gasteiger partial charge in [-0.2, -0.15) is 0 Å². The maximum absolute atomic E-state index is 11.1. The highest BCUT2D eigenvalue weighted by atomic mass is 16.5. The maximum Gasteiger partial charge on any atom is 0.219 e. The molecule has 0 radical (unpaired) electrons. The summed E-state index contributed by atoms with van der Waals surface area (Å²) >= 11 is 0. The number of hydrogen-bond acceptors (Lipinski definition) is 2. The molecular weight excluding hydrogens is 166 g/mol. The number of carbonyl (C=O) groups excluding carboxylic acids is 1. The van der Waals surface area contributed by atoms with E-state index in [1.807, 2.05) is 14.0 Å². The second-order valence-corrected chi connectivity index (χ2v) is 3.93. The predicted octanol–water partition coefficient (Wildman–Crippen LogP) is 1.42. The van der Waals surface area contributed by atoms with Crippen LogP contribution >= 0.6 is 0 Å². The monoisotopic (exact) mass is 185 g/mol. The van der Waals surface area contributed by atoms with Crippen LogP contribution in [0.25, 0.3) is 0 Å². The van der Waals surface area contributed by atoms with Crippen molar-refractivity contribution in [1.82, 2.24) is 4.90 Å². The average molecular weight is 185 g/mol. The molecule has 0 aliphatic carbocycles. The summed E-state index contributed by atoms with van der Waals surface area (Å²) in [4.78, 5) is 12.9. The van der Waals surface area contributed by atoms with E-state index in [2.05, 4.69) is 6.92 Å². The van der Waals surface area contributed by atoms with Crippen molar-refractivity contribution in [2.75, 3.05) is 7.05 Å². The van der Waals surface area contributed by atoms with Crippen LogP contribution in [0.4, 0.5) is 0 Å².